The molecule has 0 bridgehead atoms. The molecular formula is C13H16ClNO4. The summed E-state index contributed by atoms with van der Waals surface area (Å²) in [7, 11) is 0. The number of nitro benzene ring substituents is 1. The van der Waals surface area contributed by atoms with Crippen LogP contribution in [-0.4, -0.2) is 23.7 Å². The van der Waals surface area contributed by atoms with E-state index in [1.165, 1.54) is 6.07 Å². The molecule has 1 aliphatic heterocycles. The van der Waals surface area contributed by atoms with Gasteiger partial charge < -0.3 is 9.47 Å². The third-order valence-corrected chi connectivity index (χ3v) is 3.43. The van der Waals surface area contributed by atoms with Gasteiger partial charge in [-0.15, -0.1) is 11.6 Å². The minimum Gasteiger partial charge on any atom is -0.484 e. The van der Waals surface area contributed by atoms with E-state index in [-0.39, 0.29) is 23.6 Å². The Labute approximate surface area is 116 Å². The fourth-order valence-electron chi connectivity index (χ4n) is 2.10. The maximum atomic E-state index is 10.9. The fraction of sp³-hybridized carbons (Fsp3) is 0.538. The molecule has 0 aromatic heterocycles. The number of halogens is 1. The zero-order valence-electron chi connectivity index (χ0n) is 10.7. The van der Waals surface area contributed by atoms with Crippen LogP contribution in [0.1, 0.15) is 25.3 Å². The largest absolute Gasteiger partial charge is 0.484 e. The summed E-state index contributed by atoms with van der Waals surface area (Å²) in [5.41, 5.74) is 0.753. The summed E-state index contributed by atoms with van der Waals surface area (Å²) in [6.07, 6.45) is 2.16. The van der Waals surface area contributed by atoms with Gasteiger partial charge in [0.15, 0.2) is 5.75 Å². The average molecular weight is 286 g/mol. The molecule has 0 aliphatic carbocycles. The number of hydrogen-bond donors (Lipinski definition) is 0. The topological polar surface area (TPSA) is 61.6 Å². The summed E-state index contributed by atoms with van der Waals surface area (Å²) in [4.78, 5) is 10.5. The van der Waals surface area contributed by atoms with Crippen LogP contribution >= 0.6 is 11.6 Å². The number of benzene rings is 1. The molecule has 1 heterocycles. The lowest BCUT2D eigenvalue weighted by Gasteiger charge is -2.13. The second-order valence-electron chi connectivity index (χ2n) is 4.65. The number of rotatable bonds is 5. The zero-order chi connectivity index (χ0) is 13.8. The van der Waals surface area contributed by atoms with Crippen LogP contribution in [0.2, 0.25) is 0 Å². The molecule has 1 fully saturated rings. The molecule has 6 heteroatoms. The number of nitro groups is 1. The predicted octanol–water partition coefficient (Wildman–Crippen LogP) is 3.28. The van der Waals surface area contributed by atoms with Crippen LogP contribution in [0.25, 0.3) is 0 Å². The molecule has 5 nitrogen and oxygen atoms in total. The molecule has 19 heavy (non-hydrogen) atoms. The monoisotopic (exact) mass is 285 g/mol. The Balaban J connectivity index is 2.06. The van der Waals surface area contributed by atoms with Crippen molar-refractivity contribution in [1.29, 1.82) is 0 Å². The molecule has 0 saturated carbocycles. The lowest BCUT2D eigenvalue weighted by Crippen LogP contribution is -2.18. The second-order valence-corrected chi connectivity index (χ2v) is 4.92. The lowest BCUT2D eigenvalue weighted by atomic mass is 10.2. The van der Waals surface area contributed by atoms with Crippen molar-refractivity contribution in [3.8, 4) is 5.75 Å². The quantitative estimate of drug-likeness (QED) is 0.473. The van der Waals surface area contributed by atoms with Gasteiger partial charge in [0.1, 0.15) is 6.61 Å². The van der Waals surface area contributed by atoms with Crippen LogP contribution in [-0.2, 0) is 10.6 Å². The third kappa shape index (κ3) is 3.58. The standard InChI is InChI=1S/C13H16ClNO4/c1-9-2-4-11(19-9)8-18-13-6-10(7-14)3-5-12(13)15(16)17/h3,5-6,9,11H,2,4,7-8H2,1H3. The van der Waals surface area contributed by atoms with E-state index in [2.05, 4.69) is 0 Å². The van der Waals surface area contributed by atoms with Crippen molar-refractivity contribution in [2.75, 3.05) is 6.61 Å². The Hall–Kier alpha value is -1.33. The summed E-state index contributed by atoms with van der Waals surface area (Å²) < 4.78 is 11.2. The van der Waals surface area contributed by atoms with Crippen molar-refractivity contribution >= 4 is 17.3 Å². The van der Waals surface area contributed by atoms with Gasteiger partial charge in [-0.25, -0.2) is 0 Å². The molecule has 1 aromatic rings. The first kappa shape index (κ1) is 14.1. The highest BCUT2D eigenvalue weighted by Gasteiger charge is 2.24. The van der Waals surface area contributed by atoms with Crippen LogP contribution in [0.15, 0.2) is 18.2 Å². The van der Waals surface area contributed by atoms with Gasteiger partial charge in [0.25, 0.3) is 0 Å². The molecule has 2 unspecified atom stereocenters. The number of nitrogens with zero attached hydrogens (tertiary/aromatic N) is 1. The van der Waals surface area contributed by atoms with Crippen LogP contribution in [0.3, 0.4) is 0 Å². The SMILES string of the molecule is CC1CCC(COc2cc(CCl)ccc2[N+](=O)[O-])O1. The van der Waals surface area contributed by atoms with E-state index in [0.717, 1.165) is 18.4 Å². The normalized spacial score (nSPS) is 22.4. The van der Waals surface area contributed by atoms with Gasteiger partial charge in [-0.2, -0.15) is 0 Å². The number of hydrogen-bond acceptors (Lipinski definition) is 4. The summed E-state index contributed by atoms with van der Waals surface area (Å²) in [5.74, 6) is 0.553. The average Bonchev–Trinajstić information content (AvgIpc) is 2.81. The fourth-order valence-corrected chi connectivity index (χ4v) is 2.26. The van der Waals surface area contributed by atoms with Crippen LogP contribution in [0, 0.1) is 10.1 Å². The molecular weight excluding hydrogens is 270 g/mol. The van der Waals surface area contributed by atoms with E-state index in [9.17, 15) is 10.1 Å². The minimum atomic E-state index is -0.453. The molecule has 0 amide bonds. The highest BCUT2D eigenvalue weighted by atomic mass is 35.5. The Kier molecular flexibility index (Phi) is 4.61. The van der Waals surface area contributed by atoms with Crippen LogP contribution < -0.4 is 4.74 Å². The molecule has 0 N–H and O–H groups in total. The number of ether oxygens (including phenoxy) is 2. The molecule has 1 saturated heterocycles. The smallest absolute Gasteiger partial charge is 0.310 e. The van der Waals surface area contributed by atoms with E-state index in [1.807, 2.05) is 6.92 Å². The third-order valence-electron chi connectivity index (χ3n) is 3.12. The first-order valence-electron chi connectivity index (χ1n) is 6.21. The van der Waals surface area contributed by atoms with E-state index in [0.29, 0.717) is 12.5 Å². The van der Waals surface area contributed by atoms with Crippen LogP contribution in [0.4, 0.5) is 5.69 Å². The van der Waals surface area contributed by atoms with Crippen LogP contribution in [0.5, 0.6) is 5.75 Å². The van der Waals surface area contributed by atoms with Gasteiger partial charge in [-0.1, -0.05) is 6.07 Å². The Morgan fingerprint density at radius 3 is 2.89 bits per heavy atom. The minimum absolute atomic E-state index is 0.00858. The summed E-state index contributed by atoms with van der Waals surface area (Å²) in [6.45, 7) is 2.34. The van der Waals surface area contributed by atoms with E-state index >= 15 is 0 Å². The van der Waals surface area contributed by atoms with Gasteiger partial charge in [0.2, 0.25) is 0 Å². The van der Waals surface area contributed by atoms with E-state index in [4.69, 9.17) is 21.1 Å². The van der Waals surface area contributed by atoms with Crippen molar-refractivity contribution in [3.05, 3.63) is 33.9 Å². The van der Waals surface area contributed by atoms with E-state index in [1.54, 1.807) is 12.1 Å². The maximum absolute atomic E-state index is 10.9. The van der Waals surface area contributed by atoms with Gasteiger partial charge in [0, 0.05) is 11.9 Å². The first-order valence-corrected chi connectivity index (χ1v) is 6.75. The van der Waals surface area contributed by atoms with Crippen molar-refractivity contribution in [3.63, 3.8) is 0 Å². The Morgan fingerprint density at radius 1 is 1.53 bits per heavy atom. The number of alkyl halides is 1. The van der Waals surface area contributed by atoms with Gasteiger partial charge in [-0.05, 0) is 31.4 Å². The van der Waals surface area contributed by atoms with Gasteiger partial charge in [0.05, 0.1) is 17.1 Å². The highest BCUT2D eigenvalue weighted by molar-refractivity contribution is 6.17. The molecule has 2 rings (SSSR count). The van der Waals surface area contributed by atoms with Crippen molar-refractivity contribution in [1.82, 2.24) is 0 Å². The maximum Gasteiger partial charge on any atom is 0.310 e. The summed E-state index contributed by atoms with van der Waals surface area (Å²) in [5, 5.41) is 10.9. The molecule has 0 spiro atoms. The molecule has 0 radical (unpaired) electrons. The van der Waals surface area contributed by atoms with Crippen molar-refractivity contribution < 1.29 is 14.4 Å². The summed E-state index contributed by atoms with van der Waals surface area (Å²) in [6, 6.07) is 4.67. The summed E-state index contributed by atoms with van der Waals surface area (Å²) >= 11 is 5.73. The predicted molar refractivity (Wildman–Crippen MR) is 71.7 cm³/mol. The van der Waals surface area contributed by atoms with Gasteiger partial charge in [-0.3, -0.25) is 10.1 Å². The van der Waals surface area contributed by atoms with Crippen molar-refractivity contribution in [2.24, 2.45) is 0 Å². The van der Waals surface area contributed by atoms with Crippen molar-refractivity contribution in [2.45, 2.75) is 37.9 Å². The highest BCUT2D eigenvalue weighted by Crippen LogP contribution is 2.29. The molecule has 1 aliphatic rings. The molecule has 1 aromatic carbocycles. The second kappa shape index (κ2) is 6.21. The molecule has 2 atom stereocenters. The zero-order valence-corrected chi connectivity index (χ0v) is 11.4. The Bertz CT molecular complexity index is 466. The first-order chi connectivity index (χ1) is 9.10. The Morgan fingerprint density at radius 2 is 2.32 bits per heavy atom. The van der Waals surface area contributed by atoms with E-state index < -0.39 is 4.92 Å². The molecule has 104 valence electrons. The lowest BCUT2D eigenvalue weighted by molar-refractivity contribution is -0.385. The van der Waals surface area contributed by atoms with Gasteiger partial charge >= 0.3 is 5.69 Å².